The molecule has 6 nitrogen and oxygen atoms in total. The van der Waals surface area contributed by atoms with Gasteiger partial charge in [-0.15, -0.1) is 0 Å². The molecule has 1 aliphatic heterocycles. The van der Waals surface area contributed by atoms with E-state index in [1.54, 1.807) is 20.0 Å². The molecule has 2 aliphatic rings. The Hall–Kier alpha value is -1.69. The molecule has 0 aromatic heterocycles. The molecule has 1 saturated carbocycles. The van der Waals surface area contributed by atoms with E-state index in [1.807, 2.05) is 4.90 Å². The first-order valence-electron chi connectivity index (χ1n) is 7.05. The zero-order chi connectivity index (χ0) is 15.6. The number of ketones is 2. The normalized spacial score (nSPS) is 27.9. The molecule has 0 bridgehead atoms. The molecule has 6 heteroatoms. The maximum atomic E-state index is 12.6. The van der Waals surface area contributed by atoms with Gasteiger partial charge in [0.15, 0.2) is 11.6 Å². The smallest absolute Gasteiger partial charge is 0.317 e. The Morgan fingerprint density at radius 2 is 1.95 bits per heavy atom. The molecule has 0 radical (unpaired) electrons. The average molecular weight is 295 g/mol. The summed E-state index contributed by atoms with van der Waals surface area (Å²) in [5.74, 6) is -2.15. The van der Waals surface area contributed by atoms with E-state index >= 15 is 0 Å². The summed E-state index contributed by atoms with van der Waals surface area (Å²) < 4.78 is 9.97. The summed E-state index contributed by atoms with van der Waals surface area (Å²) in [5.41, 5.74) is -0.615. The number of esters is 1. The largest absolute Gasteiger partial charge is 0.468 e. The summed E-state index contributed by atoms with van der Waals surface area (Å²) >= 11 is 0. The maximum absolute atomic E-state index is 12.6. The lowest BCUT2D eigenvalue weighted by Gasteiger charge is -2.36. The Morgan fingerprint density at radius 3 is 2.52 bits per heavy atom. The van der Waals surface area contributed by atoms with E-state index < -0.39 is 23.1 Å². The van der Waals surface area contributed by atoms with Crippen molar-refractivity contribution in [2.45, 2.75) is 20.3 Å². The number of methoxy groups -OCH3 is 1. The molecule has 0 unspecified atom stereocenters. The molecule has 2 fully saturated rings. The number of ether oxygens (including phenoxy) is 2. The Bertz CT molecular complexity index is 488. The first kappa shape index (κ1) is 15.7. The lowest BCUT2D eigenvalue weighted by Crippen LogP contribution is -2.46. The van der Waals surface area contributed by atoms with Crippen LogP contribution < -0.4 is 0 Å². The molecule has 1 atom stereocenters. The van der Waals surface area contributed by atoms with Gasteiger partial charge < -0.3 is 14.4 Å². The molecule has 1 heterocycles. The van der Waals surface area contributed by atoms with E-state index in [4.69, 9.17) is 9.47 Å². The molecule has 1 aliphatic carbocycles. The van der Waals surface area contributed by atoms with Crippen LogP contribution in [0, 0.1) is 11.3 Å². The minimum absolute atomic E-state index is 0.103. The van der Waals surface area contributed by atoms with Crippen LogP contribution in [0.4, 0.5) is 0 Å². The molecule has 21 heavy (non-hydrogen) atoms. The topological polar surface area (TPSA) is 72.9 Å². The first-order chi connectivity index (χ1) is 9.86. The van der Waals surface area contributed by atoms with Gasteiger partial charge in [-0.2, -0.15) is 0 Å². The predicted octanol–water partition coefficient (Wildman–Crippen LogP) is 0.560. The lowest BCUT2D eigenvalue weighted by atomic mass is 9.66. The third kappa shape index (κ3) is 3.15. The van der Waals surface area contributed by atoms with E-state index in [9.17, 15) is 14.4 Å². The van der Waals surface area contributed by atoms with Crippen molar-refractivity contribution in [2.24, 2.45) is 11.3 Å². The molecular weight excluding hydrogens is 274 g/mol. The van der Waals surface area contributed by atoms with Crippen LogP contribution in [0.5, 0.6) is 0 Å². The fourth-order valence-corrected chi connectivity index (χ4v) is 2.83. The number of hydrogen-bond donors (Lipinski definition) is 0. The van der Waals surface area contributed by atoms with Crippen molar-refractivity contribution in [2.75, 3.05) is 33.4 Å². The second-order valence-corrected chi connectivity index (χ2v) is 6.10. The van der Waals surface area contributed by atoms with Gasteiger partial charge in [-0.05, 0) is 5.41 Å². The Labute approximate surface area is 124 Å². The predicted molar refractivity (Wildman–Crippen MR) is 74.4 cm³/mol. The average Bonchev–Trinajstić information content (AvgIpc) is 2.43. The lowest BCUT2D eigenvalue weighted by molar-refractivity contribution is -0.155. The van der Waals surface area contributed by atoms with Crippen LogP contribution in [0.1, 0.15) is 20.3 Å². The number of allylic oxidation sites excluding steroid dienone is 1. The number of nitrogens with zero attached hydrogens (tertiary/aromatic N) is 1. The molecule has 0 aromatic rings. The Balaban J connectivity index is 2.29. The van der Waals surface area contributed by atoms with Crippen LogP contribution in [0.25, 0.3) is 0 Å². The fourth-order valence-electron chi connectivity index (χ4n) is 2.83. The van der Waals surface area contributed by atoms with Crippen LogP contribution >= 0.6 is 0 Å². The summed E-state index contributed by atoms with van der Waals surface area (Å²) in [4.78, 5) is 38.6. The number of morpholine rings is 1. The summed E-state index contributed by atoms with van der Waals surface area (Å²) in [6.45, 7) is 5.90. The van der Waals surface area contributed by atoms with Crippen molar-refractivity contribution in [1.82, 2.24) is 4.90 Å². The number of carbonyl (C=O) groups excluding carboxylic acids is 3. The van der Waals surface area contributed by atoms with Crippen LogP contribution in [-0.2, 0) is 23.9 Å². The first-order valence-corrected chi connectivity index (χ1v) is 7.05. The highest BCUT2D eigenvalue weighted by atomic mass is 16.5. The van der Waals surface area contributed by atoms with Crippen molar-refractivity contribution in [3.63, 3.8) is 0 Å². The highest BCUT2D eigenvalue weighted by Gasteiger charge is 2.49. The minimum atomic E-state index is -0.924. The Kier molecular flexibility index (Phi) is 4.46. The molecule has 0 amide bonds. The summed E-state index contributed by atoms with van der Waals surface area (Å²) in [6.07, 6.45) is 1.74. The highest BCUT2D eigenvalue weighted by molar-refractivity contribution is 6.27. The van der Waals surface area contributed by atoms with Gasteiger partial charge in [0.05, 0.1) is 25.9 Å². The van der Waals surface area contributed by atoms with E-state index in [1.165, 1.54) is 7.11 Å². The number of hydrogen-bond acceptors (Lipinski definition) is 6. The van der Waals surface area contributed by atoms with Crippen LogP contribution in [0.2, 0.25) is 0 Å². The quantitative estimate of drug-likeness (QED) is 0.321. The fraction of sp³-hybridized carbons (Fsp3) is 0.667. The molecule has 116 valence electrons. The van der Waals surface area contributed by atoms with E-state index in [0.29, 0.717) is 26.3 Å². The minimum Gasteiger partial charge on any atom is -0.468 e. The van der Waals surface area contributed by atoms with Gasteiger partial charge in [0.2, 0.25) is 0 Å². The van der Waals surface area contributed by atoms with E-state index in [2.05, 4.69) is 0 Å². The van der Waals surface area contributed by atoms with Gasteiger partial charge in [0, 0.05) is 25.7 Å². The second-order valence-electron chi connectivity index (χ2n) is 6.10. The van der Waals surface area contributed by atoms with Crippen LogP contribution in [-0.4, -0.2) is 55.8 Å². The van der Waals surface area contributed by atoms with Crippen molar-refractivity contribution < 1.29 is 23.9 Å². The van der Waals surface area contributed by atoms with Gasteiger partial charge in [-0.25, -0.2) is 0 Å². The number of carbonyl (C=O) groups is 3. The summed E-state index contributed by atoms with van der Waals surface area (Å²) in [7, 11) is 1.26. The summed E-state index contributed by atoms with van der Waals surface area (Å²) in [6, 6.07) is 0. The standard InChI is InChI=1S/C15H21NO5/c1-15(2)8-11(17)10(9-16-4-6-21-7-5-16)13(18)12(15)14(19)20-3/h9,12H,4-8H2,1-3H3/b10-9+/t12-/m1/s1. The number of Topliss-reactive ketones (excluding diaryl/α,β-unsaturated/α-hetero) is 2. The maximum Gasteiger partial charge on any atom is 0.317 e. The Morgan fingerprint density at radius 1 is 1.33 bits per heavy atom. The van der Waals surface area contributed by atoms with Crippen molar-refractivity contribution in [3.8, 4) is 0 Å². The van der Waals surface area contributed by atoms with Crippen LogP contribution in [0.3, 0.4) is 0 Å². The molecule has 0 N–H and O–H groups in total. The zero-order valence-corrected chi connectivity index (χ0v) is 12.7. The molecule has 0 spiro atoms. The van der Waals surface area contributed by atoms with Gasteiger partial charge in [0.25, 0.3) is 0 Å². The van der Waals surface area contributed by atoms with Crippen molar-refractivity contribution in [3.05, 3.63) is 11.8 Å². The number of rotatable bonds is 2. The molecular formula is C15H21NO5. The monoisotopic (exact) mass is 295 g/mol. The van der Waals surface area contributed by atoms with E-state index in [-0.39, 0.29) is 17.8 Å². The third-order valence-electron chi connectivity index (χ3n) is 4.02. The van der Waals surface area contributed by atoms with Gasteiger partial charge >= 0.3 is 5.97 Å². The highest BCUT2D eigenvalue weighted by Crippen LogP contribution is 2.39. The van der Waals surface area contributed by atoms with Crippen molar-refractivity contribution >= 4 is 17.5 Å². The molecule has 1 saturated heterocycles. The third-order valence-corrected chi connectivity index (χ3v) is 4.02. The van der Waals surface area contributed by atoms with E-state index in [0.717, 1.165) is 0 Å². The molecule has 0 aromatic carbocycles. The molecule has 2 rings (SSSR count). The van der Waals surface area contributed by atoms with Gasteiger partial charge in [0.1, 0.15) is 5.92 Å². The summed E-state index contributed by atoms with van der Waals surface area (Å²) in [5, 5.41) is 0. The van der Waals surface area contributed by atoms with Gasteiger partial charge in [-0.3, -0.25) is 14.4 Å². The van der Waals surface area contributed by atoms with Crippen molar-refractivity contribution in [1.29, 1.82) is 0 Å². The SMILES string of the molecule is COC(=O)[C@H]1C(=O)/C(=C/N2CCOCC2)C(=O)CC1(C)C. The second kappa shape index (κ2) is 5.97. The van der Waals surface area contributed by atoms with Gasteiger partial charge in [-0.1, -0.05) is 13.8 Å². The van der Waals surface area contributed by atoms with Crippen LogP contribution in [0.15, 0.2) is 11.8 Å². The zero-order valence-electron chi connectivity index (χ0n) is 12.7.